The highest BCUT2D eigenvalue weighted by Gasteiger charge is 2.21. The summed E-state index contributed by atoms with van der Waals surface area (Å²) in [6.45, 7) is 8.76. The second kappa shape index (κ2) is 6.87. The third-order valence-electron chi connectivity index (χ3n) is 3.74. The number of hydrogen-bond donors (Lipinski definition) is 3. The van der Waals surface area contributed by atoms with Gasteiger partial charge in [-0.1, -0.05) is 13.8 Å². The molecule has 1 amide bonds. The molecule has 0 saturated carbocycles. The number of hydrazine groups is 1. The highest BCUT2D eigenvalue weighted by Crippen LogP contribution is 2.17. The van der Waals surface area contributed by atoms with Crippen molar-refractivity contribution in [1.29, 1.82) is 0 Å². The number of carbonyl (C=O) groups is 1. The van der Waals surface area contributed by atoms with E-state index in [1.807, 2.05) is 34.0 Å². The molecule has 21 heavy (non-hydrogen) atoms. The van der Waals surface area contributed by atoms with E-state index in [0.29, 0.717) is 17.9 Å². The summed E-state index contributed by atoms with van der Waals surface area (Å²) in [7, 11) is 3.98. The number of nitrogen functional groups attached to an aromatic ring is 1. The smallest absolute Gasteiger partial charge is 0.251 e. The molecule has 4 N–H and O–H groups in total. The van der Waals surface area contributed by atoms with Crippen molar-refractivity contribution < 1.29 is 4.79 Å². The molecule has 0 aliphatic rings. The molecule has 0 aliphatic carbocycles. The van der Waals surface area contributed by atoms with E-state index in [-0.39, 0.29) is 17.4 Å². The van der Waals surface area contributed by atoms with Crippen LogP contribution in [0.1, 0.15) is 49.7 Å². The van der Waals surface area contributed by atoms with Gasteiger partial charge in [0.05, 0.1) is 0 Å². The van der Waals surface area contributed by atoms with Gasteiger partial charge in [0.15, 0.2) is 0 Å². The van der Waals surface area contributed by atoms with Crippen LogP contribution in [0.5, 0.6) is 0 Å². The number of aromatic nitrogens is 1. The number of carbonyl (C=O) groups excluding carboxylic acids is 1. The Balaban J connectivity index is 2.90. The summed E-state index contributed by atoms with van der Waals surface area (Å²) >= 11 is 0. The Bertz CT molecular complexity index is 497. The van der Waals surface area contributed by atoms with E-state index in [0.717, 1.165) is 5.69 Å². The maximum atomic E-state index is 12.3. The molecule has 0 aliphatic heterocycles. The van der Waals surface area contributed by atoms with Gasteiger partial charge in [-0.2, -0.15) is 0 Å². The Morgan fingerprint density at radius 3 is 2.48 bits per heavy atom. The van der Waals surface area contributed by atoms with Gasteiger partial charge < -0.3 is 15.6 Å². The van der Waals surface area contributed by atoms with Crippen LogP contribution >= 0.6 is 0 Å². The van der Waals surface area contributed by atoms with E-state index in [2.05, 4.69) is 34.5 Å². The maximum absolute atomic E-state index is 12.3. The zero-order valence-corrected chi connectivity index (χ0v) is 13.8. The molecule has 1 heterocycles. The van der Waals surface area contributed by atoms with Gasteiger partial charge in [-0.05, 0) is 46.0 Å². The maximum Gasteiger partial charge on any atom is 0.251 e. The quantitative estimate of drug-likeness (QED) is 0.547. The van der Waals surface area contributed by atoms with Gasteiger partial charge in [0, 0.05) is 23.3 Å². The van der Waals surface area contributed by atoms with Crippen molar-refractivity contribution in [3.8, 4) is 0 Å². The van der Waals surface area contributed by atoms with Crippen LogP contribution in [0.15, 0.2) is 12.1 Å². The average molecular weight is 293 g/mol. The zero-order valence-electron chi connectivity index (χ0n) is 13.8. The first kappa shape index (κ1) is 17.4. The molecular weight excluding hydrogens is 266 g/mol. The van der Waals surface area contributed by atoms with E-state index in [4.69, 9.17) is 5.84 Å². The van der Waals surface area contributed by atoms with E-state index in [1.165, 1.54) is 0 Å². The molecular formula is C15H27N5O. The molecule has 1 aromatic heterocycles. The van der Waals surface area contributed by atoms with Gasteiger partial charge in [0.2, 0.25) is 0 Å². The highest BCUT2D eigenvalue weighted by molar-refractivity contribution is 5.95. The minimum atomic E-state index is -0.120. The number of likely N-dealkylation sites (N-methyl/N-ethyl adjacent to an activating group) is 1. The van der Waals surface area contributed by atoms with Crippen molar-refractivity contribution in [2.24, 2.45) is 5.84 Å². The SMILES string of the molecule is CC(C)c1cc(C(=O)NCC(C)(C)N(C)C)cc(NN)n1. The molecule has 0 saturated heterocycles. The van der Waals surface area contributed by atoms with Crippen molar-refractivity contribution in [1.82, 2.24) is 15.2 Å². The lowest BCUT2D eigenvalue weighted by Gasteiger charge is -2.32. The number of anilines is 1. The lowest BCUT2D eigenvalue weighted by molar-refractivity contribution is 0.0919. The van der Waals surface area contributed by atoms with Crippen LogP contribution in [-0.2, 0) is 0 Å². The highest BCUT2D eigenvalue weighted by atomic mass is 16.1. The van der Waals surface area contributed by atoms with Crippen molar-refractivity contribution in [2.45, 2.75) is 39.2 Å². The fourth-order valence-electron chi connectivity index (χ4n) is 1.61. The van der Waals surface area contributed by atoms with Crippen LogP contribution in [-0.4, -0.2) is 42.0 Å². The summed E-state index contributed by atoms with van der Waals surface area (Å²) in [5.74, 6) is 6.02. The molecule has 0 fully saturated rings. The Kier molecular flexibility index (Phi) is 5.69. The van der Waals surface area contributed by atoms with Gasteiger partial charge in [-0.15, -0.1) is 0 Å². The summed E-state index contributed by atoms with van der Waals surface area (Å²) in [6.07, 6.45) is 0. The fraction of sp³-hybridized carbons (Fsp3) is 0.600. The largest absolute Gasteiger partial charge is 0.350 e. The molecule has 1 aromatic rings. The van der Waals surface area contributed by atoms with Crippen molar-refractivity contribution >= 4 is 11.7 Å². The average Bonchev–Trinajstić information content (AvgIpc) is 2.43. The Labute approximate surface area is 127 Å². The summed E-state index contributed by atoms with van der Waals surface area (Å²) in [5.41, 5.74) is 3.80. The predicted octanol–water partition coefficient (Wildman–Crippen LogP) is 1.56. The van der Waals surface area contributed by atoms with Crippen molar-refractivity contribution in [3.05, 3.63) is 23.4 Å². The molecule has 0 bridgehead atoms. The van der Waals surface area contributed by atoms with Crippen LogP contribution in [0.3, 0.4) is 0 Å². The zero-order chi connectivity index (χ0) is 16.2. The minimum absolute atomic E-state index is 0.113. The van der Waals surface area contributed by atoms with Crippen LogP contribution in [0.2, 0.25) is 0 Å². The van der Waals surface area contributed by atoms with Crippen LogP contribution in [0.25, 0.3) is 0 Å². The molecule has 0 atom stereocenters. The number of rotatable bonds is 6. The molecule has 0 unspecified atom stereocenters. The topological polar surface area (TPSA) is 83.3 Å². The van der Waals surface area contributed by atoms with Crippen molar-refractivity contribution in [3.63, 3.8) is 0 Å². The van der Waals surface area contributed by atoms with Gasteiger partial charge in [-0.3, -0.25) is 4.79 Å². The molecule has 6 nitrogen and oxygen atoms in total. The molecule has 118 valence electrons. The van der Waals surface area contributed by atoms with E-state index in [9.17, 15) is 4.79 Å². The van der Waals surface area contributed by atoms with Gasteiger partial charge in [0.25, 0.3) is 5.91 Å². The summed E-state index contributed by atoms with van der Waals surface area (Å²) in [5, 5.41) is 2.96. The lowest BCUT2D eigenvalue weighted by atomic mass is 10.0. The molecule has 6 heteroatoms. The number of nitrogens with one attached hydrogen (secondary N) is 2. The lowest BCUT2D eigenvalue weighted by Crippen LogP contribution is -2.48. The molecule has 0 radical (unpaired) electrons. The van der Waals surface area contributed by atoms with Crippen LogP contribution in [0, 0.1) is 0 Å². The number of nitrogens with two attached hydrogens (primary N) is 1. The van der Waals surface area contributed by atoms with Gasteiger partial charge >= 0.3 is 0 Å². The summed E-state index contributed by atoms with van der Waals surface area (Å²) < 4.78 is 0. The third-order valence-corrected chi connectivity index (χ3v) is 3.74. The standard InChI is InChI=1S/C15H27N5O/c1-10(2)12-7-11(8-13(18-12)19-16)14(21)17-9-15(3,4)20(5)6/h7-8,10H,9,16H2,1-6H3,(H,17,21)(H,18,19). The first-order chi connectivity index (χ1) is 9.67. The van der Waals surface area contributed by atoms with Crippen LogP contribution in [0.4, 0.5) is 5.82 Å². The Morgan fingerprint density at radius 2 is 2.00 bits per heavy atom. The number of pyridine rings is 1. The second-order valence-corrected chi connectivity index (χ2v) is 6.35. The summed E-state index contributed by atoms with van der Waals surface area (Å²) in [4.78, 5) is 18.8. The molecule has 0 aromatic carbocycles. The number of amides is 1. The van der Waals surface area contributed by atoms with Crippen LogP contribution < -0.4 is 16.6 Å². The first-order valence-corrected chi connectivity index (χ1v) is 7.11. The minimum Gasteiger partial charge on any atom is -0.350 e. The fourth-order valence-corrected chi connectivity index (χ4v) is 1.61. The number of nitrogens with zero attached hydrogens (tertiary/aromatic N) is 2. The van der Waals surface area contributed by atoms with E-state index < -0.39 is 0 Å². The van der Waals surface area contributed by atoms with Crippen molar-refractivity contribution in [2.75, 3.05) is 26.1 Å². The summed E-state index contributed by atoms with van der Waals surface area (Å²) in [6, 6.07) is 3.47. The van der Waals surface area contributed by atoms with Gasteiger partial charge in [-0.25, -0.2) is 10.8 Å². The second-order valence-electron chi connectivity index (χ2n) is 6.35. The molecule has 1 rings (SSSR count). The third kappa shape index (κ3) is 4.68. The predicted molar refractivity (Wildman–Crippen MR) is 86.2 cm³/mol. The Morgan fingerprint density at radius 1 is 1.38 bits per heavy atom. The monoisotopic (exact) mass is 293 g/mol. The van der Waals surface area contributed by atoms with E-state index >= 15 is 0 Å². The Hall–Kier alpha value is -1.66. The van der Waals surface area contributed by atoms with Gasteiger partial charge in [0.1, 0.15) is 5.82 Å². The molecule has 0 spiro atoms. The van der Waals surface area contributed by atoms with E-state index in [1.54, 1.807) is 6.07 Å². The normalized spacial score (nSPS) is 11.9. The number of hydrogen-bond acceptors (Lipinski definition) is 5. The first-order valence-electron chi connectivity index (χ1n) is 7.11.